The SMILES string of the molecule is CCN(C(=O)c1cccc(-c2ccc(C)nc2C)c1)C(C)C(N)=O. The summed E-state index contributed by atoms with van der Waals surface area (Å²) in [6, 6.07) is 10.7. The number of aromatic nitrogens is 1. The highest BCUT2D eigenvalue weighted by Gasteiger charge is 2.23. The number of primary amides is 1. The maximum absolute atomic E-state index is 12.7. The number of nitrogens with two attached hydrogens (primary N) is 1. The molecule has 0 saturated carbocycles. The smallest absolute Gasteiger partial charge is 0.254 e. The second-order valence-electron chi connectivity index (χ2n) is 5.84. The monoisotopic (exact) mass is 325 g/mol. The van der Waals surface area contributed by atoms with Crippen LogP contribution in [0.25, 0.3) is 11.1 Å². The lowest BCUT2D eigenvalue weighted by atomic mass is 10.0. The average molecular weight is 325 g/mol. The molecule has 24 heavy (non-hydrogen) atoms. The van der Waals surface area contributed by atoms with Gasteiger partial charge in [-0.15, -0.1) is 0 Å². The van der Waals surface area contributed by atoms with Crippen molar-refractivity contribution < 1.29 is 9.59 Å². The summed E-state index contributed by atoms with van der Waals surface area (Å²) >= 11 is 0. The van der Waals surface area contributed by atoms with Gasteiger partial charge in [0.15, 0.2) is 0 Å². The van der Waals surface area contributed by atoms with E-state index in [0.717, 1.165) is 22.5 Å². The predicted octanol–water partition coefficient (Wildman–Crippen LogP) is 2.70. The third kappa shape index (κ3) is 3.62. The molecular weight excluding hydrogens is 302 g/mol. The van der Waals surface area contributed by atoms with E-state index in [1.165, 1.54) is 4.90 Å². The molecule has 2 rings (SSSR count). The van der Waals surface area contributed by atoms with Crippen LogP contribution < -0.4 is 5.73 Å². The van der Waals surface area contributed by atoms with Crippen molar-refractivity contribution in [3.63, 3.8) is 0 Å². The van der Waals surface area contributed by atoms with Gasteiger partial charge in [-0.1, -0.05) is 18.2 Å². The number of nitrogens with zero attached hydrogens (tertiary/aromatic N) is 2. The molecule has 2 amide bonds. The summed E-state index contributed by atoms with van der Waals surface area (Å²) in [5.74, 6) is -0.719. The number of hydrogen-bond acceptors (Lipinski definition) is 3. The third-order valence-corrected chi connectivity index (χ3v) is 4.13. The van der Waals surface area contributed by atoms with Crippen molar-refractivity contribution >= 4 is 11.8 Å². The van der Waals surface area contributed by atoms with E-state index in [2.05, 4.69) is 4.98 Å². The molecule has 0 aliphatic carbocycles. The number of rotatable bonds is 5. The number of likely N-dealkylation sites (N-methyl/N-ethyl adjacent to an activating group) is 1. The van der Waals surface area contributed by atoms with Crippen LogP contribution in [0.2, 0.25) is 0 Å². The molecule has 5 heteroatoms. The molecule has 1 unspecified atom stereocenters. The standard InChI is InChI=1S/C19H23N3O2/c1-5-22(14(4)18(20)23)19(24)16-8-6-7-15(11-16)17-10-9-12(2)21-13(17)3/h6-11,14H,5H2,1-4H3,(H2,20,23). The first-order chi connectivity index (χ1) is 11.3. The molecule has 2 N–H and O–H groups in total. The largest absolute Gasteiger partial charge is 0.368 e. The molecule has 2 aromatic rings. The fourth-order valence-corrected chi connectivity index (χ4v) is 2.72. The Morgan fingerprint density at radius 1 is 1.21 bits per heavy atom. The topological polar surface area (TPSA) is 76.3 Å². The van der Waals surface area contributed by atoms with Crippen molar-refractivity contribution in [2.45, 2.75) is 33.7 Å². The van der Waals surface area contributed by atoms with E-state index in [0.29, 0.717) is 12.1 Å². The highest BCUT2D eigenvalue weighted by molar-refractivity contribution is 5.98. The summed E-state index contributed by atoms with van der Waals surface area (Å²) in [6.45, 7) is 7.78. The van der Waals surface area contributed by atoms with Crippen LogP contribution in [0.1, 0.15) is 35.6 Å². The molecule has 0 radical (unpaired) electrons. The number of pyridine rings is 1. The van der Waals surface area contributed by atoms with Crippen molar-refractivity contribution in [2.24, 2.45) is 5.73 Å². The number of hydrogen-bond donors (Lipinski definition) is 1. The van der Waals surface area contributed by atoms with Gasteiger partial charge in [-0.25, -0.2) is 0 Å². The lowest BCUT2D eigenvalue weighted by Gasteiger charge is -2.26. The van der Waals surface area contributed by atoms with E-state index in [9.17, 15) is 9.59 Å². The van der Waals surface area contributed by atoms with Crippen LogP contribution in [-0.2, 0) is 4.79 Å². The van der Waals surface area contributed by atoms with Crippen molar-refractivity contribution in [3.05, 3.63) is 53.3 Å². The van der Waals surface area contributed by atoms with Gasteiger partial charge >= 0.3 is 0 Å². The molecule has 1 aromatic carbocycles. The van der Waals surface area contributed by atoms with Crippen molar-refractivity contribution in [2.75, 3.05) is 6.54 Å². The normalized spacial score (nSPS) is 11.8. The van der Waals surface area contributed by atoms with E-state index in [1.807, 2.05) is 51.1 Å². The minimum atomic E-state index is -0.645. The van der Waals surface area contributed by atoms with Crippen molar-refractivity contribution in [3.8, 4) is 11.1 Å². The van der Waals surface area contributed by atoms with E-state index in [4.69, 9.17) is 5.73 Å². The summed E-state index contributed by atoms with van der Waals surface area (Å²) < 4.78 is 0. The Labute approximate surface area is 142 Å². The highest BCUT2D eigenvalue weighted by Crippen LogP contribution is 2.24. The van der Waals surface area contributed by atoms with Gasteiger partial charge in [0.1, 0.15) is 6.04 Å². The Kier molecular flexibility index (Phi) is 5.34. The number of benzene rings is 1. The molecule has 0 aliphatic rings. The van der Waals surface area contributed by atoms with Gasteiger partial charge in [0.2, 0.25) is 5.91 Å². The lowest BCUT2D eigenvalue weighted by Crippen LogP contribution is -2.46. The highest BCUT2D eigenvalue weighted by atomic mass is 16.2. The van der Waals surface area contributed by atoms with Crippen LogP contribution in [0, 0.1) is 13.8 Å². The van der Waals surface area contributed by atoms with Crippen LogP contribution in [0.15, 0.2) is 36.4 Å². The first-order valence-electron chi connectivity index (χ1n) is 8.00. The molecule has 0 saturated heterocycles. The van der Waals surface area contributed by atoms with Gasteiger partial charge in [-0.3, -0.25) is 14.6 Å². The molecule has 5 nitrogen and oxygen atoms in total. The van der Waals surface area contributed by atoms with Gasteiger partial charge in [-0.2, -0.15) is 0 Å². The average Bonchev–Trinajstić information content (AvgIpc) is 2.55. The van der Waals surface area contributed by atoms with Gasteiger partial charge in [0, 0.05) is 29.1 Å². The molecule has 1 atom stereocenters. The van der Waals surface area contributed by atoms with Crippen molar-refractivity contribution in [1.82, 2.24) is 9.88 Å². The Bertz CT molecular complexity index is 771. The second-order valence-corrected chi connectivity index (χ2v) is 5.84. The molecule has 0 fully saturated rings. The zero-order chi connectivity index (χ0) is 17.9. The summed E-state index contributed by atoms with van der Waals surface area (Å²) in [7, 11) is 0. The number of aryl methyl sites for hydroxylation is 2. The maximum Gasteiger partial charge on any atom is 0.254 e. The zero-order valence-corrected chi connectivity index (χ0v) is 14.5. The summed E-state index contributed by atoms with van der Waals surface area (Å²) in [6.07, 6.45) is 0. The Hall–Kier alpha value is -2.69. The lowest BCUT2D eigenvalue weighted by molar-refractivity contribution is -0.121. The van der Waals surface area contributed by atoms with Gasteiger partial charge < -0.3 is 10.6 Å². The van der Waals surface area contributed by atoms with Gasteiger partial charge in [0.05, 0.1) is 0 Å². The third-order valence-electron chi connectivity index (χ3n) is 4.13. The van der Waals surface area contributed by atoms with Crippen molar-refractivity contribution in [1.29, 1.82) is 0 Å². The molecule has 0 spiro atoms. The first kappa shape index (κ1) is 17.7. The van der Waals surface area contributed by atoms with Crippen LogP contribution in [0.3, 0.4) is 0 Å². The summed E-state index contributed by atoms with van der Waals surface area (Å²) in [5, 5.41) is 0. The number of carbonyl (C=O) groups is 2. The molecule has 1 heterocycles. The predicted molar refractivity (Wildman–Crippen MR) is 94.5 cm³/mol. The van der Waals surface area contributed by atoms with Crippen LogP contribution >= 0.6 is 0 Å². The molecular formula is C19H23N3O2. The van der Waals surface area contributed by atoms with E-state index < -0.39 is 11.9 Å². The van der Waals surface area contributed by atoms with Gasteiger partial charge in [-0.05, 0) is 51.5 Å². The number of carbonyl (C=O) groups excluding carboxylic acids is 2. The Morgan fingerprint density at radius 3 is 2.50 bits per heavy atom. The van der Waals surface area contributed by atoms with Gasteiger partial charge in [0.25, 0.3) is 5.91 Å². The fourth-order valence-electron chi connectivity index (χ4n) is 2.72. The Balaban J connectivity index is 2.39. The fraction of sp³-hybridized carbons (Fsp3) is 0.316. The Morgan fingerprint density at radius 2 is 1.92 bits per heavy atom. The summed E-state index contributed by atoms with van der Waals surface area (Å²) in [4.78, 5) is 30.1. The van der Waals surface area contributed by atoms with E-state index >= 15 is 0 Å². The van der Waals surface area contributed by atoms with E-state index in [-0.39, 0.29) is 5.91 Å². The summed E-state index contributed by atoms with van der Waals surface area (Å²) in [5.41, 5.74) is 9.65. The number of amides is 2. The molecule has 126 valence electrons. The first-order valence-corrected chi connectivity index (χ1v) is 8.00. The second kappa shape index (κ2) is 7.25. The molecule has 1 aromatic heterocycles. The zero-order valence-electron chi connectivity index (χ0n) is 14.5. The molecule has 0 bridgehead atoms. The molecule has 0 aliphatic heterocycles. The minimum Gasteiger partial charge on any atom is -0.368 e. The maximum atomic E-state index is 12.7. The van der Waals surface area contributed by atoms with Crippen LogP contribution in [0.4, 0.5) is 0 Å². The minimum absolute atomic E-state index is 0.205. The van der Waals surface area contributed by atoms with Crippen LogP contribution in [-0.4, -0.2) is 34.3 Å². The quantitative estimate of drug-likeness (QED) is 0.918. The van der Waals surface area contributed by atoms with Crippen LogP contribution in [0.5, 0.6) is 0 Å². The van der Waals surface area contributed by atoms with E-state index in [1.54, 1.807) is 13.0 Å².